The maximum atomic E-state index is 3.95. The van der Waals surface area contributed by atoms with Gasteiger partial charge >= 0.3 is 0 Å². The summed E-state index contributed by atoms with van der Waals surface area (Å²) in [4.78, 5) is 0. The fourth-order valence-corrected chi connectivity index (χ4v) is 2.23. The van der Waals surface area contributed by atoms with Crippen molar-refractivity contribution >= 4 is 0 Å². The molecular weight excluding hydrogens is 168 g/mol. The van der Waals surface area contributed by atoms with E-state index in [-0.39, 0.29) is 0 Å². The summed E-state index contributed by atoms with van der Waals surface area (Å²) < 4.78 is 0. The third-order valence-electron chi connectivity index (χ3n) is 3.57. The summed E-state index contributed by atoms with van der Waals surface area (Å²) in [6.07, 6.45) is 10.8. The Kier molecular flexibility index (Phi) is 9.55. The normalized spacial score (nSPS) is 13.5. The first kappa shape index (κ1) is 14.0. The van der Waals surface area contributed by atoms with Gasteiger partial charge in [-0.2, -0.15) is 0 Å². The second-order valence-electron chi connectivity index (χ2n) is 4.53. The maximum absolute atomic E-state index is 3.95. The van der Waals surface area contributed by atoms with Crippen LogP contribution < -0.4 is 0 Å². The van der Waals surface area contributed by atoms with E-state index < -0.39 is 0 Å². The molecule has 0 rings (SSSR count). The van der Waals surface area contributed by atoms with Crippen LogP contribution in [-0.4, -0.2) is 0 Å². The van der Waals surface area contributed by atoms with Gasteiger partial charge in [-0.25, -0.2) is 0 Å². The Bertz CT molecular complexity index is 103. The molecule has 1 radical (unpaired) electrons. The molecule has 0 aromatic rings. The van der Waals surface area contributed by atoms with Gasteiger partial charge in [-0.05, 0) is 11.8 Å². The van der Waals surface area contributed by atoms with E-state index >= 15 is 0 Å². The average Bonchev–Trinajstić information content (AvgIpc) is 2.23. The fourth-order valence-electron chi connectivity index (χ4n) is 2.23. The summed E-state index contributed by atoms with van der Waals surface area (Å²) in [7, 11) is 0. The highest BCUT2D eigenvalue weighted by Crippen LogP contribution is 2.22. The van der Waals surface area contributed by atoms with E-state index in [2.05, 4.69) is 27.7 Å². The molecule has 0 aliphatic heterocycles. The molecule has 0 N–H and O–H groups in total. The Balaban J connectivity index is 3.48. The molecular formula is C14H29. The first-order valence-electron chi connectivity index (χ1n) is 6.57. The Morgan fingerprint density at radius 2 is 1.29 bits per heavy atom. The molecule has 0 aliphatic rings. The van der Waals surface area contributed by atoms with Gasteiger partial charge in [0.15, 0.2) is 0 Å². The zero-order valence-electron chi connectivity index (χ0n) is 10.5. The van der Waals surface area contributed by atoms with E-state index in [0.29, 0.717) is 0 Å². The van der Waals surface area contributed by atoms with Gasteiger partial charge in [-0.3, -0.25) is 0 Å². The lowest BCUT2D eigenvalue weighted by Crippen LogP contribution is -2.01. The summed E-state index contributed by atoms with van der Waals surface area (Å²) in [6, 6.07) is 0. The van der Waals surface area contributed by atoms with Gasteiger partial charge in [-0.15, -0.1) is 0 Å². The predicted molar refractivity (Wildman–Crippen MR) is 66.3 cm³/mol. The first-order chi connectivity index (χ1) is 6.78. The standard InChI is InChI=1S/C14H29/c1-5-10-14(8-4)12-9-11-13(6-2)7-3/h13-14H,1,5-12H2,2-4H3. The smallest absolute Gasteiger partial charge is 0.0417 e. The molecule has 1 unspecified atom stereocenters. The number of hydrogen-bond donors (Lipinski definition) is 0. The van der Waals surface area contributed by atoms with Crippen LogP contribution in [0.2, 0.25) is 0 Å². The zero-order chi connectivity index (χ0) is 10.8. The SMILES string of the molecule is [CH2]CCC(CC)CCCC(CC)CC. The molecule has 0 spiro atoms. The van der Waals surface area contributed by atoms with Gasteiger partial charge in [0.2, 0.25) is 0 Å². The van der Waals surface area contributed by atoms with Crippen molar-refractivity contribution in [2.75, 3.05) is 0 Å². The molecule has 85 valence electrons. The van der Waals surface area contributed by atoms with Gasteiger partial charge in [0.05, 0.1) is 0 Å². The van der Waals surface area contributed by atoms with Gasteiger partial charge < -0.3 is 0 Å². The van der Waals surface area contributed by atoms with Crippen molar-refractivity contribution in [3.8, 4) is 0 Å². The molecule has 0 saturated heterocycles. The largest absolute Gasteiger partial charge is 0.0651 e. The molecule has 14 heavy (non-hydrogen) atoms. The van der Waals surface area contributed by atoms with E-state index in [1.807, 2.05) is 0 Å². The Hall–Kier alpha value is 0. The first-order valence-corrected chi connectivity index (χ1v) is 6.57. The van der Waals surface area contributed by atoms with Gasteiger partial charge in [0.25, 0.3) is 0 Å². The van der Waals surface area contributed by atoms with Crippen molar-refractivity contribution in [3.05, 3.63) is 6.92 Å². The van der Waals surface area contributed by atoms with E-state index in [1.165, 1.54) is 44.9 Å². The van der Waals surface area contributed by atoms with Crippen molar-refractivity contribution < 1.29 is 0 Å². The molecule has 0 bridgehead atoms. The van der Waals surface area contributed by atoms with Crippen molar-refractivity contribution in [3.63, 3.8) is 0 Å². The highest BCUT2D eigenvalue weighted by Gasteiger charge is 2.07. The molecule has 0 aliphatic carbocycles. The van der Waals surface area contributed by atoms with Crippen LogP contribution in [0.1, 0.15) is 72.1 Å². The van der Waals surface area contributed by atoms with Gasteiger partial charge in [-0.1, -0.05) is 79.1 Å². The minimum Gasteiger partial charge on any atom is -0.0651 e. The Morgan fingerprint density at radius 1 is 0.786 bits per heavy atom. The quantitative estimate of drug-likeness (QED) is 0.474. The monoisotopic (exact) mass is 197 g/mol. The molecule has 0 amide bonds. The van der Waals surface area contributed by atoms with Crippen LogP contribution in [0, 0.1) is 18.8 Å². The molecule has 0 aromatic heterocycles. The van der Waals surface area contributed by atoms with Crippen LogP contribution in [0.25, 0.3) is 0 Å². The number of hydrogen-bond acceptors (Lipinski definition) is 0. The van der Waals surface area contributed by atoms with E-state index in [9.17, 15) is 0 Å². The van der Waals surface area contributed by atoms with Crippen LogP contribution >= 0.6 is 0 Å². The summed E-state index contributed by atoms with van der Waals surface area (Å²) >= 11 is 0. The zero-order valence-corrected chi connectivity index (χ0v) is 10.5. The lowest BCUT2D eigenvalue weighted by molar-refractivity contribution is 0.373. The molecule has 0 heteroatoms. The molecule has 0 heterocycles. The molecule has 0 saturated carbocycles. The second-order valence-corrected chi connectivity index (χ2v) is 4.53. The van der Waals surface area contributed by atoms with E-state index in [1.54, 1.807) is 0 Å². The number of rotatable bonds is 9. The van der Waals surface area contributed by atoms with E-state index in [0.717, 1.165) is 18.3 Å². The summed E-state index contributed by atoms with van der Waals surface area (Å²) in [6.45, 7) is 10.9. The van der Waals surface area contributed by atoms with Crippen molar-refractivity contribution in [2.24, 2.45) is 11.8 Å². The van der Waals surface area contributed by atoms with Crippen molar-refractivity contribution in [2.45, 2.75) is 72.1 Å². The Morgan fingerprint density at radius 3 is 1.71 bits per heavy atom. The van der Waals surface area contributed by atoms with Crippen LogP contribution in [-0.2, 0) is 0 Å². The predicted octanol–water partition coefficient (Wildman–Crippen LogP) is 5.23. The van der Waals surface area contributed by atoms with Gasteiger partial charge in [0, 0.05) is 0 Å². The van der Waals surface area contributed by atoms with Crippen LogP contribution in [0.5, 0.6) is 0 Å². The molecule has 0 nitrogen and oxygen atoms in total. The van der Waals surface area contributed by atoms with E-state index in [4.69, 9.17) is 0 Å². The molecule has 0 aromatic carbocycles. The lowest BCUT2D eigenvalue weighted by atomic mass is 9.90. The van der Waals surface area contributed by atoms with Crippen LogP contribution in [0.3, 0.4) is 0 Å². The average molecular weight is 197 g/mol. The van der Waals surface area contributed by atoms with Crippen LogP contribution in [0.15, 0.2) is 0 Å². The minimum atomic E-state index is 0.946. The topological polar surface area (TPSA) is 0 Å². The lowest BCUT2D eigenvalue weighted by Gasteiger charge is -2.16. The Labute approximate surface area is 91.5 Å². The maximum Gasteiger partial charge on any atom is -0.0417 e. The summed E-state index contributed by atoms with van der Waals surface area (Å²) in [5.41, 5.74) is 0. The summed E-state index contributed by atoms with van der Waals surface area (Å²) in [5.74, 6) is 1.93. The van der Waals surface area contributed by atoms with Crippen molar-refractivity contribution in [1.29, 1.82) is 0 Å². The third kappa shape index (κ3) is 6.45. The minimum absolute atomic E-state index is 0.946. The highest BCUT2D eigenvalue weighted by atomic mass is 14.1. The van der Waals surface area contributed by atoms with Crippen molar-refractivity contribution in [1.82, 2.24) is 0 Å². The summed E-state index contributed by atoms with van der Waals surface area (Å²) in [5, 5.41) is 0. The van der Waals surface area contributed by atoms with Crippen LogP contribution in [0.4, 0.5) is 0 Å². The molecule has 1 atom stereocenters. The molecule has 0 fully saturated rings. The van der Waals surface area contributed by atoms with Gasteiger partial charge in [0.1, 0.15) is 0 Å². The fraction of sp³-hybridized carbons (Fsp3) is 0.929. The second kappa shape index (κ2) is 9.55. The highest BCUT2D eigenvalue weighted by molar-refractivity contribution is 4.61. The third-order valence-corrected chi connectivity index (χ3v) is 3.57.